The van der Waals surface area contributed by atoms with Crippen molar-refractivity contribution in [2.24, 2.45) is 5.41 Å². The van der Waals surface area contributed by atoms with Crippen LogP contribution in [0.1, 0.15) is 39.5 Å². The smallest absolute Gasteiger partial charge is 0.230 e. The van der Waals surface area contributed by atoms with E-state index in [0.29, 0.717) is 6.42 Å². The number of nitrogens with one attached hydrogen (secondary N) is 1. The molecule has 1 rings (SSSR count). The normalized spacial score (nSPS) is 25.3. The third-order valence-corrected chi connectivity index (χ3v) is 3.79. The predicted molar refractivity (Wildman–Crippen MR) is 67.3 cm³/mol. The van der Waals surface area contributed by atoms with Gasteiger partial charge in [-0.1, -0.05) is 13.3 Å². The van der Waals surface area contributed by atoms with Crippen LogP contribution >= 0.6 is 0 Å². The third kappa shape index (κ3) is 2.98. The second kappa shape index (κ2) is 6.02. The van der Waals surface area contributed by atoms with Gasteiger partial charge in [-0.05, 0) is 26.3 Å². The summed E-state index contributed by atoms with van der Waals surface area (Å²) in [5, 5.41) is 12.0. The molecule has 2 atom stereocenters. The van der Waals surface area contributed by atoms with Crippen molar-refractivity contribution in [3.05, 3.63) is 0 Å². The summed E-state index contributed by atoms with van der Waals surface area (Å²) in [6.07, 6.45) is 3.28. The Morgan fingerprint density at radius 3 is 2.82 bits per heavy atom. The lowest BCUT2D eigenvalue weighted by Gasteiger charge is -2.34. The van der Waals surface area contributed by atoms with Gasteiger partial charge in [-0.15, -0.1) is 0 Å². The summed E-state index contributed by atoms with van der Waals surface area (Å²) in [5.74, 6) is 0.201. The van der Waals surface area contributed by atoms with Crippen molar-refractivity contribution in [3.8, 4) is 6.07 Å². The van der Waals surface area contributed by atoms with Gasteiger partial charge in [0, 0.05) is 19.6 Å². The van der Waals surface area contributed by atoms with Gasteiger partial charge in [0.05, 0.1) is 17.9 Å². The highest BCUT2D eigenvalue weighted by atomic mass is 16.2. The number of rotatable bonds is 5. The Hall–Kier alpha value is -1.08. The van der Waals surface area contributed by atoms with Crippen LogP contribution in [0.15, 0.2) is 0 Å². The summed E-state index contributed by atoms with van der Waals surface area (Å²) in [7, 11) is 1.82. The van der Waals surface area contributed by atoms with E-state index < -0.39 is 0 Å². The molecule has 0 aromatic heterocycles. The molecule has 1 fully saturated rings. The largest absolute Gasteiger partial charge is 0.341 e. The van der Waals surface area contributed by atoms with E-state index in [2.05, 4.69) is 18.3 Å². The number of carbonyl (C=O) groups is 1. The van der Waals surface area contributed by atoms with Crippen molar-refractivity contribution in [2.75, 3.05) is 20.1 Å². The zero-order valence-corrected chi connectivity index (χ0v) is 11.1. The average Bonchev–Trinajstić information content (AvgIpc) is 2.77. The van der Waals surface area contributed by atoms with Crippen LogP contribution in [0.2, 0.25) is 0 Å². The highest BCUT2D eigenvalue weighted by Crippen LogP contribution is 2.33. The van der Waals surface area contributed by atoms with E-state index in [1.165, 1.54) is 0 Å². The molecule has 1 heterocycles. The number of hydrogen-bond donors (Lipinski definition) is 1. The average molecular weight is 237 g/mol. The highest BCUT2D eigenvalue weighted by Gasteiger charge is 2.42. The van der Waals surface area contributed by atoms with Crippen LogP contribution in [0.5, 0.6) is 0 Å². The molecule has 96 valence electrons. The van der Waals surface area contributed by atoms with Crippen LogP contribution in [0.3, 0.4) is 0 Å². The van der Waals surface area contributed by atoms with Crippen LogP contribution < -0.4 is 5.32 Å². The van der Waals surface area contributed by atoms with Crippen LogP contribution in [0.25, 0.3) is 0 Å². The lowest BCUT2D eigenvalue weighted by Crippen LogP contribution is -2.46. The Kier molecular flexibility index (Phi) is 4.95. The van der Waals surface area contributed by atoms with Gasteiger partial charge < -0.3 is 10.2 Å². The minimum atomic E-state index is -0.229. The molecule has 0 bridgehead atoms. The molecule has 1 amide bonds. The lowest BCUT2D eigenvalue weighted by molar-refractivity contribution is -0.142. The van der Waals surface area contributed by atoms with Crippen molar-refractivity contribution in [2.45, 2.75) is 45.6 Å². The van der Waals surface area contributed by atoms with Crippen LogP contribution in [-0.4, -0.2) is 37.0 Å². The number of amides is 1. The molecule has 1 aliphatic rings. The first-order valence-electron chi connectivity index (χ1n) is 6.42. The first kappa shape index (κ1) is 14.0. The molecule has 0 aromatic carbocycles. The van der Waals surface area contributed by atoms with Crippen LogP contribution in [0, 0.1) is 16.7 Å². The van der Waals surface area contributed by atoms with Crippen molar-refractivity contribution >= 4 is 5.91 Å². The minimum absolute atomic E-state index is 0.00170. The molecule has 2 unspecified atom stereocenters. The molecule has 4 nitrogen and oxygen atoms in total. The van der Waals surface area contributed by atoms with Crippen LogP contribution in [-0.2, 0) is 4.79 Å². The van der Waals surface area contributed by atoms with Gasteiger partial charge in [0.25, 0.3) is 0 Å². The summed E-state index contributed by atoms with van der Waals surface area (Å²) in [6.45, 7) is 5.75. The maximum absolute atomic E-state index is 12.5. The van der Waals surface area contributed by atoms with Gasteiger partial charge in [0.1, 0.15) is 0 Å². The summed E-state index contributed by atoms with van der Waals surface area (Å²) < 4.78 is 0. The minimum Gasteiger partial charge on any atom is -0.341 e. The van der Waals surface area contributed by atoms with Gasteiger partial charge >= 0.3 is 0 Å². The van der Waals surface area contributed by atoms with Crippen molar-refractivity contribution in [1.29, 1.82) is 5.26 Å². The van der Waals surface area contributed by atoms with Gasteiger partial charge in [-0.25, -0.2) is 0 Å². The summed E-state index contributed by atoms with van der Waals surface area (Å²) in [4.78, 5) is 14.3. The molecule has 0 saturated carbocycles. The maximum Gasteiger partial charge on any atom is 0.230 e. The third-order valence-electron chi connectivity index (χ3n) is 3.79. The van der Waals surface area contributed by atoms with E-state index in [1.54, 1.807) is 4.90 Å². The molecule has 1 N–H and O–H groups in total. The maximum atomic E-state index is 12.5. The summed E-state index contributed by atoms with van der Waals surface area (Å²) in [5.41, 5.74) is -0.229. The molecule has 0 radical (unpaired) electrons. The number of nitriles is 1. The van der Waals surface area contributed by atoms with E-state index in [0.717, 1.165) is 32.4 Å². The molecule has 1 saturated heterocycles. The standard InChI is InChI=1S/C13H23N3O/c1-4-6-13(7-9-15-10-13)12(17)16(3)11(2)5-8-14/h11,15H,4-7,9-10H2,1-3H3. The summed E-state index contributed by atoms with van der Waals surface area (Å²) in [6, 6.07) is 2.13. The van der Waals surface area contributed by atoms with Gasteiger partial charge in [-0.2, -0.15) is 5.26 Å². The monoisotopic (exact) mass is 237 g/mol. The fraction of sp³-hybridized carbons (Fsp3) is 0.846. The van der Waals surface area contributed by atoms with Gasteiger partial charge in [0.2, 0.25) is 5.91 Å². The Bertz CT molecular complexity index is 302. The molecule has 0 aromatic rings. The SMILES string of the molecule is CCCC1(C(=O)N(C)C(C)CC#N)CCNC1. The summed E-state index contributed by atoms with van der Waals surface area (Å²) >= 11 is 0. The second-order valence-corrected chi connectivity index (χ2v) is 5.08. The van der Waals surface area contributed by atoms with E-state index in [4.69, 9.17) is 5.26 Å². The van der Waals surface area contributed by atoms with E-state index in [1.807, 2.05) is 14.0 Å². The quantitative estimate of drug-likeness (QED) is 0.789. The van der Waals surface area contributed by atoms with Gasteiger partial charge in [0.15, 0.2) is 0 Å². The fourth-order valence-electron chi connectivity index (χ4n) is 2.57. The number of hydrogen-bond acceptors (Lipinski definition) is 3. The van der Waals surface area contributed by atoms with Gasteiger partial charge in [-0.3, -0.25) is 4.79 Å². The molecule has 17 heavy (non-hydrogen) atoms. The first-order valence-corrected chi connectivity index (χ1v) is 6.42. The van der Waals surface area contributed by atoms with E-state index >= 15 is 0 Å². The molecule has 4 heteroatoms. The molecular weight excluding hydrogens is 214 g/mol. The first-order chi connectivity index (χ1) is 8.07. The Morgan fingerprint density at radius 2 is 2.35 bits per heavy atom. The van der Waals surface area contributed by atoms with Crippen molar-refractivity contribution in [3.63, 3.8) is 0 Å². The van der Waals surface area contributed by atoms with Crippen molar-refractivity contribution in [1.82, 2.24) is 10.2 Å². The lowest BCUT2D eigenvalue weighted by atomic mass is 9.81. The molecule has 1 aliphatic heterocycles. The molecule has 0 spiro atoms. The zero-order chi connectivity index (χ0) is 12.9. The number of carbonyl (C=O) groups excluding carboxylic acids is 1. The topological polar surface area (TPSA) is 56.1 Å². The van der Waals surface area contributed by atoms with E-state index in [9.17, 15) is 4.79 Å². The Morgan fingerprint density at radius 1 is 1.65 bits per heavy atom. The Labute approximate surface area is 104 Å². The van der Waals surface area contributed by atoms with E-state index in [-0.39, 0.29) is 17.4 Å². The van der Waals surface area contributed by atoms with Crippen molar-refractivity contribution < 1.29 is 4.79 Å². The zero-order valence-electron chi connectivity index (χ0n) is 11.1. The predicted octanol–water partition coefficient (Wildman–Crippen LogP) is 1.53. The molecular formula is C13H23N3O. The fourth-order valence-corrected chi connectivity index (χ4v) is 2.57. The molecule has 0 aliphatic carbocycles. The van der Waals surface area contributed by atoms with Crippen LogP contribution in [0.4, 0.5) is 0 Å². The number of nitrogens with zero attached hydrogens (tertiary/aromatic N) is 2. The Balaban J connectivity index is 2.75. The highest BCUT2D eigenvalue weighted by molar-refractivity contribution is 5.83. The second-order valence-electron chi connectivity index (χ2n) is 5.08.